The number of anilines is 1. The molecule has 1 aliphatic rings. The zero-order valence-corrected chi connectivity index (χ0v) is 21.5. The fourth-order valence-electron chi connectivity index (χ4n) is 4.23. The predicted octanol–water partition coefficient (Wildman–Crippen LogP) is 6.41. The molecular formula is C27H33ClF2N4O2. The number of ether oxygens (including phenoxy) is 1. The van der Waals surface area contributed by atoms with E-state index in [0.29, 0.717) is 37.6 Å². The Labute approximate surface area is 216 Å². The number of halogens is 3. The van der Waals surface area contributed by atoms with Crippen molar-refractivity contribution in [1.82, 2.24) is 15.0 Å². The molecule has 1 saturated heterocycles. The maximum absolute atomic E-state index is 14.4. The highest BCUT2D eigenvalue weighted by molar-refractivity contribution is 6.28. The van der Waals surface area contributed by atoms with E-state index in [2.05, 4.69) is 26.8 Å². The highest BCUT2D eigenvalue weighted by atomic mass is 35.5. The molecule has 36 heavy (non-hydrogen) atoms. The topological polar surface area (TPSA) is 77.0 Å². The Morgan fingerprint density at radius 2 is 2.17 bits per heavy atom. The summed E-state index contributed by atoms with van der Waals surface area (Å²) in [4.78, 5) is 25.7. The molecule has 0 amide bonds. The molecule has 194 valence electrons. The number of ketones is 1. The quantitative estimate of drug-likeness (QED) is 0.210. The molecule has 0 bridgehead atoms. The van der Waals surface area contributed by atoms with E-state index in [0.717, 1.165) is 30.5 Å². The maximum Gasteiger partial charge on any atom is 0.276 e. The van der Waals surface area contributed by atoms with Crippen LogP contribution >= 0.6 is 11.6 Å². The first-order valence-electron chi connectivity index (χ1n) is 12.3. The summed E-state index contributed by atoms with van der Waals surface area (Å²) >= 11 is 6.18. The minimum Gasteiger partial charge on any atom is -0.381 e. The molecule has 6 nitrogen and oxygen atoms in total. The molecule has 2 atom stereocenters. The smallest absolute Gasteiger partial charge is 0.276 e. The number of hydrogen-bond acceptors (Lipinski definition) is 6. The molecule has 1 fully saturated rings. The van der Waals surface area contributed by atoms with Crippen LogP contribution in [0.25, 0.3) is 0 Å². The molecule has 3 rings (SSSR count). The number of carbonyl (C=O) groups excluding carboxylic acids is 1. The zero-order valence-electron chi connectivity index (χ0n) is 20.8. The van der Waals surface area contributed by atoms with E-state index in [1.54, 1.807) is 6.08 Å². The first kappa shape index (κ1) is 27.9. The molecule has 0 spiro atoms. The van der Waals surface area contributed by atoms with Gasteiger partial charge >= 0.3 is 0 Å². The summed E-state index contributed by atoms with van der Waals surface area (Å²) in [6.45, 7) is 8.50. The van der Waals surface area contributed by atoms with Crippen LogP contribution in [0.3, 0.4) is 0 Å². The largest absolute Gasteiger partial charge is 0.381 e. The van der Waals surface area contributed by atoms with Crippen LogP contribution in [0, 0.1) is 5.92 Å². The van der Waals surface area contributed by atoms with Crippen LogP contribution in [0.5, 0.6) is 0 Å². The molecule has 0 saturated carbocycles. The van der Waals surface area contributed by atoms with Crippen molar-refractivity contribution < 1.29 is 18.3 Å². The standard InChI is InChI=1S/C27H33ClF2N4O2/c1-4-13-27(29,30)20-11-14-31-23(17-20)18(3)32-25-21(22(5-2)33-26(28)34-25)9-6-10-24(35)19-8-7-15-36-16-12-19/h4,6,10-11,14,17-19H,1,5,7-9,12-13,15-16H2,2-3H3,(H,32,33,34)/b10-6+. The van der Waals surface area contributed by atoms with Gasteiger partial charge in [0, 0.05) is 42.9 Å². The van der Waals surface area contributed by atoms with Gasteiger partial charge in [-0.05, 0) is 68.8 Å². The molecule has 2 aromatic rings. The molecule has 2 unspecified atom stereocenters. The SMILES string of the molecule is C=CCC(F)(F)c1ccnc(C(C)Nc2nc(Cl)nc(CC)c2C/C=C/C(=O)C2CCCOCC2)c1. The van der Waals surface area contributed by atoms with Crippen LogP contribution in [0.4, 0.5) is 14.6 Å². The Hall–Kier alpha value is -2.71. The Bertz CT molecular complexity index is 1090. The number of allylic oxidation sites excluding steroid dienone is 3. The van der Waals surface area contributed by atoms with Crippen molar-refractivity contribution in [3.8, 4) is 0 Å². The van der Waals surface area contributed by atoms with Crippen molar-refractivity contribution in [3.63, 3.8) is 0 Å². The van der Waals surface area contributed by atoms with E-state index < -0.39 is 18.4 Å². The van der Waals surface area contributed by atoms with Crippen molar-refractivity contribution >= 4 is 23.2 Å². The number of aryl methyl sites for hydroxylation is 1. The fourth-order valence-corrected chi connectivity index (χ4v) is 4.42. The molecule has 1 N–H and O–H groups in total. The van der Waals surface area contributed by atoms with E-state index >= 15 is 0 Å². The molecule has 0 radical (unpaired) electrons. The van der Waals surface area contributed by atoms with E-state index in [-0.39, 0.29) is 22.5 Å². The summed E-state index contributed by atoms with van der Waals surface area (Å²) in [5, 5.41) is 3.35. The van der Waals surface area contributed by atoms with Crippen molar-refractivity contribution in [3.05, 3.63) is 70.9 Å². The average molecular weight is 519 g/mol. The highest BCUT2D eigenvalue weighted by Gasteiger charge is 2.30. The third-order valence-electron chi connectivity index (χ3n) is 6.26. The van der Waals surface area contributed by atoms with Gasteiger partial charge in [-0.25, -0.2) is 18.7 Å². The average Bonchev–Trinajstić information content (AvgIpc) is 3.14. The van der Waals surface area contributed by atoms with Crippen LogP contribution in [0.15, 0.2) is 43.1 Å². The number of aromatic nitrogens is 3. The van der Waals surface area contributed by atoms with Gasteiger partial charge in [0.25, 0.3) is 5.92 Å². The third kappa shape index (κ3) is 7.40. The van der Waals surface area contributed by atoms with Gasteiger partial charge in [0.1, 0.15) is 5.82 Å². The van der Waals surface area contributed by atoms with Gasteiger partial charge in [-0.15, -0.1) is 6.58 Å². The number of nitrogens with one attached hydrogen (secondary N) is 1. The minimum atomic E-state index is -3.03. The van der Waals surface area contributed by atoms with Crippen LogP contribution in [-0.2, 0) is 28.3 Å². The van der Waals surface area contributed by atoms with Gasteiger partial charge in [0.15, 0.2) is 5.78 Å². The second kappa shape index (κ2) is 13.0. The zero-order chi connectivity index (χ0) is 26.1. The summed E-state index contributed by atoms with van der Waals surface area (Å²) < 4.78 is 34.3. The summed E-state index contributed by atoms with van der Waals surface area (Å²) in [5.74, 6) is -2.47. The lowest BCUT2D eigenvalue weighted by atomic mass is 9.95. The van der Waals surface area contributed by atoms with E-state index in [9.17, 15) is 13.6 Å². The number of alkyl halides is 2. The fraction of sp³-hybridized carbons (Fsp3) is 0.481. The molecule has 2 aromatic heterocycles. The van der Waals surface area contributed by atoms with Gasteiger partial charge < -0.3 is 10.1 Å². The molecule has 1 aliphatic heterocycles. The Morgan fingerprint density at radius 1 is 1.36 bits per heavy atom. The second-order valence-electron chi connectivity index (χ2n) is 8.90. The highest BCUT2D eigenvalue weighted by Crippen LogP contribution is 2.33. The van der Waals surface area contributed by atoms with Gasteiger partial charge in [-0.1, -0.05) is 19.1 Å². The van der Waals surface area contributed by atoms with Gasteiger partial charge in [-0.2, -0.15) is 0 Å². The Kier molecular flexibility index (Phi) is 10.1. The first-order valence-corrected chi connectivity index (χ1v) is 12.7. The number of nitrogens with zero attached hydrogens (tertiary/aromatic N) is 3. The third-order valence-corrected chi connectivity index (χ3v) is 6.43. The molecular weight excluding hydrogens is 486 g/mol. The minimum absolute atomic E-state index is 0.0222. The molecule has 9 heteroatoms. The lowest BCUT2D eigenvalue weighted by molar-refractivity contribution is -0.118. The lowest BCUT2D eigenvalue weighted by Crippen LogP contribution is -2.16. The van der Waals surface area contributed by atoms with Crippen molar-refractivity contribution in [2.45, 2.75) is 64.3 Å². The second-order valence-corrected chi connectivity index (χ2v) is 9.24. The van der Waals surface area contributed by atoms with Gasteiger partial charge in [0.05, 0.1) is 17.4 Å². The molecule has 0 aliphatic carbocycles. The van der Waals surface area contributed by atoms with Crippen LogP contribution in [-0.4, -0.2) is 33.9 Å². The predicted molar refractivity (Wildman–Crippen MR) is 137 cm³/mol. The number of hydrogen-bond donors (Lipinski definition) is 1. The summed E-state index contributed by atoms with van der Waals surface area (Å²) in [5.41, 5.74) is 1.87. The van der Waals surface area contributed by atoms with Crippen molar-refractivity contribution in [2.24, 2.45) is 5.92 Å². The van der Waals surface area contributed by atoms with E-state index in [1.165, 1.54) is 24.4 Å². The summed E-state index contributed by atoms with van der Waals surface area (Å²) in [7, 11) is 0. The van der Waals surface area contributed by atoms with Crippen LogP contribution in [0.1, 0.15) is 68.1 Å². The van der Waals surface area contributed by atoms with Crippen LogP contribution in [0.2, 0.25) is 5.28 Å². The lowest BCUT2D eigenvalue weighted by Gasteiger charge is -2.20. The summed E-state index contributed by atoms with van der Waals surface area (Å²) in [6, 6.07) is 2.26. The monoisotopic (exact) mass is 518 g/mol. The Balaban J connectivity index is 1.81. The Morgan fingerprint density at radius 3 is 2.92 bits per heavy atom. The van der Waals surface area contributed by atoms with Crippen molar-refractivity contribution in [1.29, 1.82) is 0 Å². The van der Waals surface area contributed by atoms with E-state index in [1.807, 2.05) is 19.9 Å². The normalized spacial score (nSPS) is 17.5. The summed E-state index contributed by atoms with van der Waals surface area (Å²) in [6.07, 6.45) is 9.06. The first-order chi connectivity index (χ1) is 17.2. The molecule has 0 aromatic carbocycles. The van der Waals surface area contributed by atoms with Gasteiger partial charge in [-0.3, -0.25) is 9.78 Å². The van der Waals surface area contributed by atoms with E-state index in [4.69, 9.17) is 16.3 Å². The van der Waals surface area contributed by atoms with Crippen LogP contribution < -0.4 is 5.32 Å². The number of carbonyl (C=O) groups is 1. The van der Waals surface area contributed by atoms with Crippen molar-refractivity contribution in [2.75, 3.05) is 18.5 Å². The maximum atomic E-state index is 14.4. The van der Waals surface area contributed by atoms with Gasteiger partial charge in [0.2, 0.25) is 5.28 Å². The molecule has 3 heterocycles. The number of pyridine rings is 1. The number of rotatable bonds is 11.